The standard InChI is InChI=1S/C20H27N7O/c1-15-13-16(2)27(24-15)12-6-9-21-20(28)25-10-5-7-17(14-25)19-23-22-18-8-3-4-11-26(18)19/h3-4,8,11,13,17H,5-7,9-10,12,14H2,1-2H3,(H,21,28). The number of likely N-dealkylation sites (tertiary alicyclic amines) is 1. The molecule has 3 aromatic heterocycles. The van der Waals surface area contributed by atoms with Gasteiger partial charge < -0.3 is 10.2 Å². The molecule has 4 heterocycles. The zero-order chi connectivity index (χ0) is 19.5. The third-order valence-corrected chi connectivity index (χ3v) is 5.34. The molecule has 0 aromatic carbocycles. The number of aryl methyl sites for hydroxylation is 3. The first-order valence-electron chi connectivity index (χ1n) is 9.95. The van der Waals surface area contributed by atoms with E-state index in [9.17, 15) is 4.79 Å². The number of nitrogens with one attached hydrogen (secondary N) is 1. The van der Waals surface area contributed by atoms with Crippen LogP contribution in [0.5, 0.6) is 0 Å². The zero-order valence-corrected chi connectivity index (χ0v) is 16.5. The number of hydrogen-bond acceptors (Lipinski definition) is 4. The van der Waals surface area contributed by atoms with Crippen LogP contribution in [0.25, 0.3) is 5.65 Å². The fourth-order valence-corrected chi connectivity index (χ4v) is 3.95. The van der Waals surface area contributed by atoms with Gasteiger partial charge in [-0.05, 0) is 51.3 Å². The van der Waals surface area contributed by atoms with Crippen molar-refractivity contribution in [1.29, 1.82) is 0 Å². The molecule has 28 heavy (non-hydrogen) atoms. The maximum atomic E-state index is 12.6. The number of fused-ring (bicyclic) bond motifs is 1. The van der Waals surface area contributed by atoms with Gasteiger partial charge in [-0.2, -0.15) is 5.10 Å². The SMILES string of the molecule is Cc1cc(C)n(CCCNC(=O)N2CCCC(c3nnc4ccccn34)C2)n1. The molecule has 0 saturated carbocycles. The number of rotatable bonds is 5. The van der Waals surface area contributed by atoms with Gasteiger partial charge in [-0.1, -0.05) is 6.07 Å². The van der Waals surface area contributed by atoms with Gasteiger partial charge in [0.15, 0.2) is 5.65 Å². The van der Waals surface area contributed by atoms with Gasteiger partial charge in [0, 0.05) is 44.0 Å². The fourth-order valence-electron chi connectivity index (χ4n) is 3.95. The predicted octanol–water partition coefficient (Wildman–Crippen LogP) is 2.52. The lowest BCUT2D eigenvalue weighted by Crippen LogP contribution is -2.45. The highest BCUT2D eigenvalue weighted by Crippen LogP contribution is 2.26. The molecule has 1 atom stereocenters. The summed E-state index contributed by atoms with van der Waals surface area (Å²) in [6.07, 6.45) is 4.85. The maximum Gasteiger partial charge on any atom is 0.317 e. The highest BCUT2D eigenvalue weighted by atomic mass is 16.2. The minimum absolute atomic E-state index is 0.00638. The van der Waals surface area contributed by atoms with E-state index in [2.05, 4.69) is 33.6 Å². The molecule has 148 valence electrons. The number of piperidine rings is 1. The molecular formula is C20H27N7O. The van der Waals surface area contributed by atoms with Crippen LogP contribution in [0.15, 0.2) is 30.5 Å². The lowest BCUT2D eigenvalue weighted by Gasteiger charge is -2.32. The lowest BCUT2D eigenvalue weighted by molar-refractivity contribution is 0.178. The van der Waals surface area contributed by atoms with Gasteiger partial charge in [0.2, 0.25) is 0 Å². The Labute approximate surface area is 164 Å². The first-order valence-corrected chi connectivity index (χ1v) is 9.95. The molecule has 1 unspecified atom stereocenters. The highest BCUT2D eigenvalue weighted by Gasteiger charge is 2.27. The van der Waals surface area contributed by atoms with Gasteiger partial charge in [0.25, 0.3) is 0 Å². The summed E-state index contributed by atoms with van der Waals surface area (Å²) in [5.74, 6) is 1.16. The number of pyridine rings is 1. The van der Waals surface area contributed by atoms with Crippen molar-refractivity contribution < 1.29 is 4.79 Å². The second kappa shape index (κ2) is 8.00. The van der Waals surface area contributed by atoms with Crippen molar-refractivity contribution in [1.82, 2.24) is 34.6 Å². The molecule has 1 N–H and O–H groups in total. The molecule has 1 saturated heterocycles. The number of amides is 2. The summed E-state index contributed by atoms with van der Waals surface area (Å²) < 4.78 is 4.02. The van der Waals surface area contributed by atoms with Crippen molar-refractivity contribution in [2.45, 2.75) is 45.6 Å². The smallest absolute Gasteiger partial charge is 0.317 e. The van der Waals surface area contributed by atoms with Crippen LogP contribution in [0.2, 0.25) is 0 Å². The Bertz CT molecular complexity index is 961. The predicted molar refractivity (Wildman–Crippen MR) is 106 cm³/mol. The maximum absolute atomic E-state index is 12.6. The van der Waals surface area contributed by atoms with Crippen LogP contribution in [0, 0.1) is 13.8 Å². The normalized spacial score (nSPS) is 17.2. The van der Waals surface area contributed by atoms with Crippen molar-refractivity contribution in [2.24, 2.45) is 0 Å². The van der Waals surface area contributed by atoms with Crippen molar-refractivity contribution in [3.8, 4) is 0 Å². The van der Waals surface area contributed by atoms with Crippen LogP contribution in [0.3, 0.4) is 0 Å². The molecule has 0 radical (unpaired) electrons. The Balaban J connectivity index is 1.30. The van der Waals surface area contributed by atoms with Gasteiger partial charge in [0.1, 0.15) is 5.82 Å². The van der Waals surface area contributed by atoms with E-state index in [4.69, 9.17) is 0 Å². The fraction of sp³-hybridized carbons (Fsp3) is 0.500. The lowest BCUT2D eigenvalue weighted by atomic mass is 9.97. The van der Waals surface area contributed by atoms with Gasteiger partial charge in [-0.25, -0.2) is 4.79 Å². The van der Waals surface area contributed by atoms with Gasteiger partial charge >= 0.3 is 6.03 Å². The van der Waals surface area contributed by atoms with E-state index in [1.54, 1.807) is 0 Å². The molecule has 1 aliphatic heterocycles. The van der Waals surface area contributed by atoms with Gasteiger partial charge in [-0.15, -0.1) is 10.2 Å². The van der Waals surface area contributed by atoms with Crippen LogP contribution in [0.1, 0.15) is 42.4 Å². The van der Waals surface area contributed by atoms with E-state index in [1.165, 1.54) is 0 Å². The molecule has 4 rings (SSSR count). The quantitative estimate of drug-likeness (QED) is 0.689. The largest absolute Gasteiger partial charge is 0.338 e. The van der Waals surface area contributed by atoms with Crippen molar-refractivity contribution in [3.05, 3.63) is 47.7 Å². The minimum atomic E-state index is 0.00638. The molecule has 0 aliphatic carbocycles. The third-order valence-electron chi connectivity index (χ3n) is 5.34. The molecule has 0 spiro atoms. The Morgan fingerprint density at radius 1 is 1.29 bits per heavy atom. The summed E-state index contributed by atoms with van der Waals surface area (Å²) >= 11 is 0. The van der Waals surface area contributed by atoms with Crippen LogP contribution in [-0.2, 0) is 6.54 Å². The molecule has 1 fully saturated rings. The van der Waals surface area contributed by atoms with E-state index in [0.717, 1.165) is 55.2 Å². The van der Waals surface area contributed by atoms with Gasteiger partial charge in [-0.3, -0.25) is 9.08 Å². The van der Waals surface area contributed by atoms with E-state index in [1.807, 2.05) is 45.3 Å². The molecular weight excluding hydrogens is 354 g/mol. The highest BCUT2D eigenvalue weighted by molar-refractivity contribution is 5.74. The number of hydrogen-bond donors (Lipinski definition) is 1. The second-order valence-corrected chi connectivity index (χ2v) is 7.51. The summed E-state index contributed by atoms with van der Waals surface area (Å²) in [6, 6.07) is 7.97. The number of carbonyl (C=O) groups is 1. The van der Waals surface area contributed by atoms with E-state index in [0.29, 0.717) is 13.1 Å². The van der Waals surface area contributed by atoms with Crippen molar-refractivity contribution in [2.75, 3.05) is 19.6 Å². The molecule has 8 nitrogen and oxygen atoms in total. The summed E-state index contributed by atoms with van der Waals surface area (Å²) in [6.45, 7) is 6.98. The molecule has 1 aliphatic rings. The van der Waals surface area contributed by atoms with Crippen LogP contribution < -0.4 is 5.32 Å². The summed E-state index contributed by atoms with van der Waals surface area (Å²) in [4.78, 5) is 14.5. The molecule has 3 aromatic rings. The topological polar surface area (TPSA) is 80.4 Å². The van der Waals surface area contributed by atoms with Crippen LogP contribution >= 0.6 is 0 Å². The average Bonchev–Trinajstić information content (AvgIpc) is 3.27. The Hall–Kier alpha value is -2.90. The first-order chi connectivity index (χ1) is 13.6. The van der Waals surface area contributed by atoms with E-state index >= 15 is 0 Å². The zero-order valence-electron chi connectivity index (χ0n) is 16.5. The first kappa shape index (κ1) is 18.5. The number of urea groups is 1. The van der Waals surface area contributed by atoms with Crippen LogP contribution in [0.4, 0.5) is 4.79 Å². The van der Waals surface area contributed by atoms with E-state index < -0.39 is 0 Å². The van der Waals surface area contributed by atoms with Crippen molar-refractivity contribution in [3.63, 3.8) is 0 Å². The number of aromatic nitrogens is 5. The monoisotopic (exact) mass is 381 g/mol. The Morgan fingerprint density at radius 3 is 3.00 bits per heavy atom. The average molecular weight is 381 g/mol. The molecule has 8 heteroatoms. The Kier molecular flexibility index (Phi) is 5.27. The number of carbonyl (C=O) groups excluding carboxylic acids is 1. The summed E-state index contributed by atoms with van der Waals surface area (Å²) in [7, 11) is 0. The summed E-state index contributed by atoms with van der Waals surface area (Å²) in [5.41, 5.74) is 3.04. The third kappa shape index (κ3) is 3.85. The van der Waals surface area contributed by atoms with Crippen LogP contribution in [-0.4, -0.2) is 54.9 Å². The van der Waals surface area contributed by atoms with Crippen molar-refractivity contribution >= 4 is 11.7 Å². The second-order valence-electron chi connectivity index (χ2n) is 7.51. The van der Waals surface area contributed by atoms with E-state index in [-0.39, 0.29) is 11.9 Å². The molecule has 2 amide bonds. The van der Waals surface area contributed by atoms with Gasteiger partial charge in [0.05, 0.1) is 5.69 Å². The minimum Gasteiger partial charge on any atom is -0.338 e. The number of nitrogens with zero attached hydrogens (tertiary/aromatic N) is 6. The summed E-state index contributed by atoms with van der Waals surface area (Å²) in [5, 5.41) is 16.1. The molecule has 0 bridgehead atoms. The Morgan fingerprint density at radius 2 is 2.18 bits per heavy atom.